The number of nitrogens with zero attached hydrogens (tertiary/aromatic N) is 1. The van der Waals surface area contributed by atoms with Crippen LogP contribution >= 0.6 is 0 Å². The molecular weight excluding hydrogens is 340 g/mol. The van der Waals surface area contributed by atoms with E-state index in [-0.39, 0.29) is 24.5 Å². The Morgan fingerprint density at radius 2 is 2.00 bits per heavy atom. The molecule has 0 unspecified atom stereocenters. The molecule has 1 aromatic rings. The molecule has 0 bridgehead atoms. The van der Waals surface area contributed by atoms with Gasteiger partial charge in [-0.05, 0) is 25.1 Å². The SMILES string of the molecule is CCNC(=NCc1cc(F)ccc1F)NCCOCCS(C)(=O)=O. The van der Waals surface area contributed by atoms with Gasteiger partial charge in [0.15, 0.2) is 5.96 Å². The van der Waals surface area contributed by atoms with Crippen LogP contribution < -0.4 is 10.6 Å². The lowest BCUT2D eigenvalue weighted by molar-refractivity contribution is 0.154. The molecule has 0 saturated heterocycles. The van der Waals surface area contributed by atoms with E-state index in [9.17, 15) is 17.2 Å². The molecule has 0 aliphatic carbocycles. The Morgan fingerprint density at radius 3 is 2.67 bits per heavy atom. The summed E-state index contributed by atoms with van der Waals surface area (Å²) in [6, 6.07) is 3.23. The first-order valence-corrected chi connectivity index (χ1v) is 9.59. The van der Waals surface area contributed by atoms with E-state index in [1.165, 1.54) is 0 Å². The lowest BCUT2D eigenvalue weighted by Crippen LogP contribution is -2.39. The number of rotatable bonds is 9. The fraction of sp³-hybridized carbons (Fsp3) is 0.533. The van der Waals surface area contributed by atoms with E-state index in [4.69, 9.17) is 4.74 Å². The highest BCUT2D eigenvalue weighted by Gasteiger charge is 2.05. The first kappa shape index (κ1) is 20.3. The number of halogens is 2. The molecule has 9 heteroatoms. The zero-order valence-electron chi connectivity index (χ0n) is 13.8. The molecule has 0 heterocycles. The second kappa shape index (κ2) is 10.2. The van der Waals surface area contributed by atoms with Crippen molar-refractivity contribution in [3.05, 3.63) is 35.4 Å². The Kier molecular flexibility index (Phi) is 8.62. The van der Waals surface area contributed by atoms with Crippen LogP contribution in [0.15, 0.2) is 23.2 Å². The third-order valence-corrected chi connectivity index (χ3v) is 3.81. The van der Waals surface area contributed by atoms with E-state index in [0.29, 0.717) is 25.7 Å². The van der Waals surface area contributed by atoms with Gasteiger partial charge in [0, 0.05) is 24.9 Å². The summed E-state index contributed by atoms with van der Waals surface area (Å²) in [6.45, 7) is 3.31. The second-order valence-corrected chi connectivity index (χ2v) is 7.36. The minimum atomic E-state index is -3.03. The van der Waals surface area contributed by atoms with Crippen molar-refractivity contribution in [3.8, 4) is 0 Å². The predicted octanol–water partition coefficient (Wildman–Crippen LogP) is 1.08. The van der Waals surface area contributed by atoms with Gasteiger partial charge >= 0.3 is 0 Å². The van der Waals surface area contributed by atoms with Crippen molar-refractivity contribution in [2.24, 2.45) is 4.99 Å². The zero-order chi connectivity index (χ0) is 18.0. The van der Waals surface area contributed by atoms with Gasteiger partial charge in [-0.1, -0.05) is 0 Å². The lowest BCUT2D eigenvalue weighted by Gasteiger charge is -2.11. The average molecular weight is 363 g/mol. The highest BCUT2D eigenvalue weighted by atomic mass is 32.2. The fourth-order valence-electron chi connectivity index (χ4n) is 1.72. The summed E-state index contributed by atoms with van der Waals surface area (Å²) in [6.07, 6.45) is 1.15. The van der Waals surface area contributed by atoms with E-state index in [1.807, 2.05) is 6.92 Å². The number of benzene rings is 1. The maximum atomic E-state index is 13.5. The van der Waals surface area contributed by atoms with Gasteiger partial charge in [-0.3, -0.25) is 0 Å². The van der Waals surface area contributed by atoms with Crippen LogP contribution in [0.4, 0.5) is 8.78 Å². The highest BCUT2D eigenvalue weighted by Crippen LogP contribution is 2.10. The molecule has 0 aliphatic heterocycles. The van der Waals surface area contributed by atoms with Gasteiger partial charge in [-0.25, -0.2) is 22.2 Å². The summed E-state index contributed by atoms with van der Waals surface area (Å²) in [5.41, 5.74) is 0.164. The van der Waals surface area contributed by atoms with Crippen LogP contribution in [0.5, 0.6) is 0 Å². The van der Waals surface area contributed by atoms with E-state index in [1.54, 1.807) is 0 Å². The molecule has 0 aliphatic rings. The van der Waals surface area contributed by atoms with Crippen molar-refractivity contribution in [3.63, 3.8) is 0 Å². The molecule has 136 valence electrons. The Hall–Kier alpha value is -1.74. The van der Waals surface area contributed by atoms with Crippen molar-refractivity contribution < 1.29 is 21.9 Å². The number of aliphatic imine (C=N–C) groups is 1. The van der Waals surface area contributed by atoms with E-state index < -0.39 is 21.5 Å². The van der Waals surface area contributed by atoms with E-state index in [2.05, 4.69) is 15.6 Å². The second-order valence-electron chi connectivity index (χ2n) is 5.10. The molecule has 2 N–H and O–H groups in total. The van der Waals surface area contributed by atoms with E-state index >= 15 is 0 Å². The maximum Gasteiger partial charge on any atom is 0.191 e. The van der Waals surface area contributed by atoms with Gasteiger partial charge in [-0.15, -0.1) is 0 Å². The summed E-state index contributed by atoms with van der Waals surface area (Å²) >= 11 is 0. The van der Waals surface area contributed by atoms with Crippen LogP contribution in [0.1, 0.15) is 12.5 Å². The quantitative estimate of drug-likeness (QED) is 0.390. The maximum absolute atomic E-state index is 13.5. The van der Waals surface area contributed by atoms with Crippen LogP contribution in [-0.4, -0.2) is 52.7 Å². The molecule has 0 radical (unpaired) electrons. The standard InChI is InChI=1S/C15H23F2N3O3S/c1-3-18-15(19-6-7-23-8-9-24(2,21)22)20-11-12-10-13(16)4-5-14(12)17/h4-5,10H,3,6-9,11H2,1-2H3,(H2,18,19,20). The minimum Gasteiger partial charge on any atom is -0.379 e. The van der Waals surface area contributed by atoms with Crippen molar-refractivity contribution >= 4 is 15.8 Å². The molecule has 0 saturated carbocycles. The van der Waals surface area contributed by atoms with E-state index in [0.717, 1.165) is 24.5 Å². The van der Waals surface area contributed by atoms with Gasteiger partial charge in [-0.2, -0.15) is 0 Å². The van der Waals surface area contributed by atoms with Gasteiger partial charge in [0.25, 0.3) is 0 Å². The lowest BCUT2D eigenvalue weighted by atomic mass is 10.2. The number of guanidine groups is 1. The number of sulfone groups is 1. The molecule has 24 heavy (non-hydrogen) atoms. The Labute approximate surface area is 141 Å². The van der Waals surface area contributed by atoms with Crippen molar-refractivity contribution in [1.82, 2.24) is 10.6 Å². The Morgan fingerprint density at radius 1 is 1.25 bits per heavy atom. The first-order valence-electron chi connectivity index (χ1n) is 7.53. The number of nitrogens with one attached hydrogen (secondary N) is 2. The van der Waals surface area contributed by atoms with Gasteiger partial charge < -0.3 is 15.4 Å². The highest BCUT2D eigenvalue weighted by molar-refractivity contribution is 7.90. The minimum absolute atomic E-state index is 0.00609. The first-order chi connectivity index (χ1) is 11.3. The summed E-state index contributed by atoms with van der Waals surface area (Å²) < 4.78 is 53.8. The summed E-state index contributed by atoms with van der Waals surface area (Å²) in [5.74, 6) is -0.619. The fourth-order valence-corrected chi connectivity index (χ4v) is 2.15. The van der Waals surface area contributed by atoms with Gasteiger partial charge in [0.1, 0.15) is 21.5 Å². The summed E-state index contributed by atoms with van der Waals surface area (Å²) in [7, 11) is -3.03. The monoisotopic (exact) mass is 363 g/mol. The summed E-state index contributed by atoms with van der Waals surface area (Å²) in [4.78, 5) is 4.18. The molecule has 6 nitrogen and oxygen atoms in total. The number of ether oxygens (including phenoxy) is 1. The number of hydrogen-bond donors (Lipinski definition) is 2. The van der Waals surface area contributed by atoms with Crippen LogP contribution in [0.3, 0.4) is 0 Å². The van der Waals surface area contributed by atoms with Crippen molar-refractivity contribution in [1.29, 1.82) is 0 Å². The normalized spacial score (nSPS) is 12.2. The van der Waals surface area contributed by atoms with Crippen LogP contribution in [-0.2, 0) is 21.1 Å². The molecule has 0 atom stereocenters. The summed E-state index contributed by atoms with van der Waals surface area (Å²) in [5, 5.41) is 5.94. The van der Waals surface area contributed by atoms with Crippen LogP contribution in [0.2, 0.25) is 0 Å². The third kappa shape index (κ3) is 8.78. The average Bonchev–Trinajstić information content (AvgIpc) is 2.50. The van der Waals surface area contributed by atoms with Gasteiger partial charge in [0.05, 0.1) is 25.5 Å². The predicted molar refractivity (Wildman–Crippen MR) is 89.7 cm³/mol. The zero-order valence-corrected chi connectivity index (χ0v) is 14.6. The van der Waals surface area contributed by atoms with Gasteiger partial charge in [0.2, 0.25) is 0 Å². The molecular formula is C15H23F2N3O3S. The smallest absolute Gasteiger partial charge is 0.191 e. The van der Waals surface area contributed by atoms with Crippen molar-refractivity contribution in [2.45, 2.75) is 13.5 Å². The largest absolute Gasteiger partial charge is 0.379 e. The van der Waals surface area contributed by atoms with Crippen molar-refractivity contribution in [2.75, 3.05) is 38.3 Å². The molecule has 0 fully saturated rings. The number of hydrogen-bond acceptors (Lipinski definition) is 4. The molecule has 0 aromatic heterocycles. The van der Waals surface area contributed by atoms with Crippen LogP contribution in [0.25, 0.3) is 0 Å². The van der Waals surface area contributed by atoms with Crippen LogP contribution in [0, 0.1) is 11.6 Å². The molecule has 0 spiro atoms. The molecule has 1 aromatic carbocycles. The third-order valence-electron chi connectivity index (χ3n) is 2.90. The Balaban J connectivity index is 2.44. The Bertz CT molecular complexity index is 651. The molecule has 1 rings (SSSR count). The molecule has 0 amide bonds. The topological polar surface area (TPSA) is 79.8 Å².